The summed E-state index contributed by atoms with van der Waals surface area (Å²) in [6.07, 6.45) is 6.77. The Labute approximate surface area is 409 Å². The van der Waals surface area contributed by atoms with Crippen LogP contribution in [0.15, 0.2) is 53.7 Å². The number of carbonyl (C=O) groups is 4. The van der Waals surface area contributed by atoms with Crippen LogP contribution < -0.4 is 0 Å². The van der Waals surface area contributed by atoms with Crippen molar-refractivity contribution >= 4 is 73.0 Å². The second kappa shape index (κ2) is 32.4. The molecular formula is C50H87F3N2O6S4. The number of nitrogens with zero attached hydrogens (tertiary/aromatic N) is 2. The normalized spacial score (nSPS) is 15.3. The minimum Gasteiger partial charge on any atom is -0.502 e. The number of esters is 1. The van der Waals surface area contributed by atoms with Gasteiger partial charge in [-0.2, -0.15) is 13.2 Å². The fourth-order valence-electron chi connectivity index (χ4n) is 4.23. The predicted octanol–water partition coefficient (Wildman–Crippen LogP) is 15.2. The molecule has 8 nitrogen and oxygen atoms in total. The molecule has 2 aliphatic heterocycles. The number of rotatable bonds is 11. The Morgan fingerprint density at radius 2 is 1.20 bits per heavy atom. The summed E-state index contributed by atoms with van der Waals surface area (Å²) in [4.78, 5) is 48.9. The molecule has 65 heavy (non-hydrogen) atoms. The molecule has 378 valence electrons. The van der Waals surface area contributed by atoms with Gasteiger partial charge in [-0.1, -0.05) is 170 Å². The van der Waals surface area contributed by atoms with E-state index < -0.39 is 11.7 Å². The van der Waals surface area contributed by atoms with Gasteiger partial charge in [0.25, 0.3) is 11.8 Å². The van der Waals surface area contributed by atoms with Crippen LogP contribution in [0.4, 0.5) is 13.2 Å². The summed E-state index contributed by atoms with van der Waals surface area (Å²) in [6.45, 7) is 41.3. The van der Waals surface area contributed by atoms with Crippen molar-refractivity contribution in [2.45, 2.75) is 167 Å². The van der Waals surface area contributed by atoms with Crippen LogP contribution in [0, 0.1) is 28.6 Å². The van der Waals surface area contributed by atoms with Crippen molar-refractivity contribution in [3.63, 3.8) is 0 Å². The van der Waals surface area contributed by atoms with Gasteiger partial charge in [-0.25, -0.2) is 0 Å². The topological polar surface area (TPSA) is 102 Å². The van der Waals surface area contributed by atoms with Crippen molar-refractivity contribution in [1.29, 1.82) is 0 Å². The van der Waals surface area contributed by atoms with Crippen molar-refractivity contribution in [3.05, 3.63) is 59.9 Å². The molecule has 0 aliphatic carbocycles. The summed E-state index contributed by atoms with van der Waals surface area (Å²) in [5, 5.41) is 0. The van der Waals surface area contributed by atoms with E-state index in [2.05, 4.69) is 117 Å². The summed E-state index contributed by atoms with van der Waals surface area (Å²) in [7, 11) is 10.2. The molecule has 0 radical (unpaired) electrons. The van der Waals surface area contributed by atoms with Crippen LogP contribution in [-0.2, 0) is 34.2 Å². The highest BCUT2D eigenvalue weighted by Gasteiger charge is 2.61. The average Bonchev–Trinajstić information content (AvgIpc) is 3.88. The zero-order chi connectivity index (χ0) is 52.3. The molecule has 2 heterocycles. The van der Waals surface area contributed by atoms with E-state index in [4.69, 9.17) is 0 Å². The van der Waals surface area contributed by atoms with Gasteiger partial charge in [0.1, 0.15) is 5.78 Å². The Morgan fingerprint density at radius 1 is 0.769 bits per heavy atom. The lowest BCUT2D eigenvalue weighted by Crippen LogP contribution is -2.31. The number of Topliss-reactive ketones (excluding diaryl/α,β-unsaturated/α-hetero) is 1. The van der Waals surface area contributed by atoms with Crippen LogP contribution in [0.1, 0.15) is 155 Å². The molecule has 1 aromatic carbocycles. The van der Waals surface area contributed by atoms with Gasteiger partial charge in [0.2, 0.25) is 5.54 Å². The van der Waals surface area contributed by atoms with Crippen LogP contribution >= 0.6 is 43.2 Å². The third-order valence-electron chi connectivity index (χ3n) is 7.31. The lowest BCUT2D eigenvalue weighted by molar-refractivity contribution is -0.156. The number of aliphatic imine (C=N–C) groups is 1. The van der Waals surface area contributed by atoms with E-state index in [9.17, 15) is 32.3 Å². The number of imide groups is 1. The van der Waals surface area contributed by atoms with Gasteiger partial charge in [0, 0.05) is 48.3 Å². The molecule has 3 rings (SSSR count). The first-order chi connectivity index (χ1) is 29.1. The van der Waals surface area contributed by atoms with Crippen molar-refractivity contribution in [3.8, 4) is 0 Å². The third-order valence-corrected chi connectivity index (χ3v) is 11.8. The fourth-order valence-corrected chi connectivity index (χ4v) is 7.45. The van der Waals surface area contributed by atoms with Gasteiger partial charge in [-0.3, -0.25) is 29.1 Å². The van der Waals surface area contributed by atoms with E-state index in [0.29, 0.717) is 28.9 Å². The molecule has 0 spiro atoms. The Bertz CT molecular complexity index is 1570. The number of ketones is 1. The number of benzene rings is 1. The first kappa shape index (κ1) is 69.2. The van der Waals surface area contributed by atoms with E-state index >= 15 is 0 Å². The van der Waals surface area contributed by atoms with Crippen LogP contribution in [0.5, 0.6) is 0 Å². The third kappa shape index (κ3) is 42.7. The molecule has 1 unspecified atom stereocenters. The highest BCUT2D eigenvalue weighted by Crippen LogP contribution is 2.47. The highest BCUT2D eigenvalue weighted by molar-refractivity contribution is 8.77. The number of carbonyl (C=O) groups excluding carboxylic acids is 4. The Kier molecular flexibility index (Phi) is 34.5. The van der Waals surface area contributed by atoms with E-state index in [1.165, 1.54) is 36.3 Å². The number of halogens is 3. The number of aryl methyl sites for hydroxylation is 1. The Hall–Kier alpha value is -2.36. The zero-order valence-corrected chi connectivity index (χ0v) is 47.4. The molecule has 15 heteroatoms. The number of allylic oxidation sites excluding steroid dienone is 1. The molecular weight excluding hydrogens is 910 g/mol. The number of hydrogen-bond donors (Lipinski definition) is 0. The Balaban J connectivity index is -0.000000346. The monoisotopic (exact) mass is 997 g/mol. The maximum Gasteiger partial charge on any atom is 0.422 e. The second-order valence-electron chi connectivity index (χ2n) is 21.2. The molecule has 2 amide bonds. The van der Waals surface area contributed by atoms with Gasteiger partial charge < -0.3 is 9.47 Å². The molecule has 0 fully saturated rings. The van der Waals surface area contributed by atoms with Crippen LogP contribution in [0.3, 0.4) is 0 Å². The summed E-state index contributed by atoms with van der Waals surface area (Å²) in [5.74, 6) is 1.58. The number of alkyl halides is 3. The Morgan fingerprint density at radius 3 is 1.45 bits per heavy atom. The summed E-state index contributed by atoms with van der Waals surface area (Å²) >= 11 is 0. The summed E-state index contributed by atoms with van der Waals surface area (Å²) < 4.78 is 47.1. The first-order valence-corrected chi connectivity index (χ1v) is 26.8. The van der Waals surface area contributed by atoms with Gasteiger partial charge in [0.15, 0.2) is 0 Å². The summed E-state index contributed by atoms with van der Waals surface area (Å²) in [5.41, 5.74) is -0.335. The minimum absolute atomic E-state index is 0.154. The zero-order valence-electron chi connectivity index (χ0n) is 44.1. The molecule has 0 bridgehead atoms. The van der Waals surface area contributed by atoms with E-state index in [1.807, 2.05) is 55.5 Å². The van der Waals surface area contributed by atoms with Crippen LogP contribution in [0.2, 0.25) is 0 Å². The molecule has 0 saturated heterocycles. The van der Waals surface area contributed by atoms with Gasteiger partial charge in [-0.05, 0) is 81.8 Å². The van der Waals surface area contributed by atoms with Crippen molar-refractivity contribution in [1.82, 2.24) is 4.90 Å². The largest absolute Gasteiger partial charge is 0.502 e. The molecule has 0 N–H and O–H groups in total. The van der Waals surface area contributed by atoms with Gasteiger partial charge >= 0.3 is 12.1 Å². The fraction of sp³-hybridized carbons (Fsp3) is 0.700. The van der Waals surface area contributed by atoms with E-state index in [0.717, 1.165) is 42.6 Å². The quantitative estimate of drug-likeness (QED) is 0.0700. The highest BCUT2D eigenvalue weighted by atomic mass is 33.1. The lowest BCUT2D eigenvalue weighted by Gasteiger charge is -2.20. The molecule has 2 aliphatic rings. The number of ether oxygens (including phenoxy) is 2. The smallest absolute Gasteiger partial charge is 0.422 e. The SMILES string of the molecule is C=C(C)OC.CC(C)(C)C.CC(C)(C)CCCN1C(=O)C=CC1=O.COC(=O)C(C)(C)C.CSSC(C)(C)C.CSSCCC(=O)CC(C)(C)C.Cc1ccc(C2(C(F)(F)F)C=N2)cc1. The average molecular weight is 998 g/mol. The van der Waals surface area contributed by atoms with Crippen LogP contribution in [-0.4, -0.2) is 84.6 Å². The molecule has 0 saturated carbocycles. The van der Waals surface area contributed by atoms with Crippen molar-refractivity contribution < 1.29 is 41.8 Å². The van der Waals surface area contributed by atoms with Crippen molar-refractivity contribution in [2.24, 2.45) is 26.7 Å². The van der Waals surface area contributed by atoms with Crippen molar-refractivity contribution in [2.75, 3.05) is 39.0 Å². The minimum atomic E-state index is -4.32. The maximum absolute atomic E-state index is 12.6. The lowest BCUT2D eigenvalue weighted by atomic mass is 9.89. The summed E-state index contributed by atoms with van der Waals surface area (Å²) in [6, 6.07) is 6.25. The predicted molar refractivity (Wildman–Crippen MR) is 281 cm³/mol. The van der Waals surface area contributed by atoms with E-state index in [1.54, 1.807) is 47.8 Å². The maximum atomic E-state index is 12.6. The number of hydrogen-bond acceptors (Lipinski definition) is 11. The standard InChI is InChI=1S/C11H17NO2.C10H8F3N.C9H18OS2.C6H12O2.C5H12S2.C5H12.C4H8O/c1-11(2,3)7-4-8-12-9(13)5-6-10(12)14;1-7-2-4-8(5-3-7)9(6-14-9)10(11,12)13;1-9(2,3)7-8(10)5-6-12-11-4;1-6(2,3)5(7)8-4;1-5(2,3)7-6-4;1-5(2,3)4;1-4(2)5-3/h5-6H,4,7-8H2,1-3H3;2-6H,1H3;5-7H2,1-4H3;1-4H3;1-4H3;1-4H3;1H2,2-3H3. The first-order valence-electron chi connectivity index (χ1n) is 21.5. The molecule has 0 aromatic heterocycles. The molecule has 1 aromatic rings. The van der Waals surface area contributed by atoms with E-state index in [-0.39, 0.29) is 39.6 Å². The van der Waals surface area contributed by atoms with Gasteiger partial charge in [-0.15, -0.1) is 0 Å². The molecule has 1 atom stereocenters. The van der Waals surface area contributed by atoms with Gasteiger partial charge in [0.05, 0.1) is 25.4 Å². The number of methoxy groups -OCH3 is 2. The van der Waals surface area contributed by atoms with Crippen LogP contribution in [0.25, 0.3) is 0 Å². The number of amides is 2. The second-order valence-corrected chi connectivity index (χ2v) is 27.1.